The van der Waals surface area contributed by atoms with Gasteiger partial charge in [0.1, 0.15) is 13.2 Å². The van der Waals surface area contributed by atoms with Crippen LogP contribution in [0.3, 0.4) is 0 Å². The number of unbranched alkanes of at least 4 members (excludes halogenated alkanes) is 25. The van der Waals surface area contributed by atoms with E-state index < -0.39 is 20.0 Å². The Hall–Kier alpha value is -0.760. The minimum Gasteiger partial charge on any atom is -0.387 e. The van der Waals surface area contributed by atoms with Gasteiger partial charge < -0.3 is 19.8 Å². The zero-order valence-corrected chi connectivity index (χ0v) is 33.1. The number of amides is 1. The van der Waals surface area contributed by atoms with E-state index in [-0.39, 0.29) is 19.1 Å². The second-order valence-electron chi connectivity index (χ2n) is 15.1. The molecule has 8 nitrogen and oxygen atoms in total. The number of nitrogens with zero attached hydrogens (tertiary/aromatic N) is 1. The molecule has 1 amide bonds. The van der Waals surface area contributed by atoms with Gasteiger partial charge in [-0.1, -0.05) is 173 Å². The molecule has 0 bridgehead atoms. The summed E-state index contributed by atoms with van der Waals surface area (Å²) in [5.74, 6) is -0.352. The number of carbonyl (C=O) groups is 1. The Morgan fingerprint density at radius 3 is 1.42 bits per heavy atom. The van der Waals surface area contributed by atoms with Crippen LogP contribution >= 0.6 is 7.82 Å². The number of nitrogens with one attached hydrogen (secondary N) is 1. The summed E-state index contributed by atoms with van der Waals surface area (Å²) in [6.07, 6.45) is 37.8. The van der Waals surface area contributed by atoms with Gasteiger partial charge in [-0.05, 0) is 12.8 Å². The summed E-state index contributed by atoms with van der Waals surface area (Å²) in [5.41, 5.74) is 0. The molecule has 0 spiro atoms. The molecule has 9 heteroatoms. The summed E-state index contributed by atoms with van der Waals surface area (Å²) in [5, 5.41) is 13.1. The second-order valence-corrected chi connectivity index (χ2v) is 16.6. The summed E-state index contributed by atoms with van der Waals surface area (Å²) < 4.78 is 22.9. The molecule has 0 aromatic carbocycles. The predicted octanol–water partition coefficient (Wildman–Crippen LogP) is 10.4. The lowest BCUT2D eigenvalue weighted by Gasteiger charge is -2.25. The first kappa shape index (κ1) is 47.2. The van der Waals surface area contributed by atoms with Crippen LogP contribution in [0.15, 0.2) is 12.2 Å². The third-order valence-corrected chi connectivity index (χ3v) is 10.0. The average Bonchev–Trinajstić information content (AvgIpc) is 3.01. The summed E-state index contributed by atoms with van der Waals surface area (Å²) in [6, 6.07) is -0.842. The molecular weight excluding hydrogens is 623 g/mol. The van der Waals surface area contributed by atoms with Crippen LogP contribution in [0, 0.1) is 0 Å². The van der Waals surface area contributed by atoms with E-state index in [1.807, 2.05) is 27.2 Å². The van der Waals surface area contributed by atoms with Crippen LogP contribution in [0.5, 0.6) is 0 Å². The smallest absolute Gasteiger partial charge is 0.387 e. The van der Waals surface area contributed by atoms with E-state index >= 15 is 0 Å². The van der Waals surface area contributed by atoms with Crippen LogP contribution in [-0.4, -0.2) is 73.4 Å². The van der Waals surface area contributed by atoms with Crippen molar-refractivity contribution in [3.05, 3.63) is 12.2 Å². The lowest BCUT2D eigenvalue weighted by atomic mass is 10.0. The van der Waals surface area contributed by atoms with E-state index in [1.165, 1.54) is 155 Å². The van der Waals surface area contributed by atoms with Gasteiger partial charge in [-0.2, -0.15) is 0 Å². The SMILES string of the molecule is CCCCCCCCCCCCCCCCCCCCCCCCCCC/C=C/C(O)C(COP(=O)(O)OCC[N+](C)(C)C)NC(C)=O. The molecule has 286 valence electrons. The maximum absolute atomic E-state index is 12.2. The second kappa shape index (κ2) is 32.2. The lowest BCUT2D eigenvalue weighted by Crippen LogP contribution is -2.44. The average molecular weight is 704 g/mol. The van der Waals surface area contributed by atoms with Gasteiger partial charge in [-0.25, -0.2) is 4.57 Å². The number of likely N-dealkylation sites (N-methyl/N-ethyl adjacent to an activating group) is 1. The first-order valence-electron chi connectivity index (χ1n) is 20.0. The Balaban J connectivity index is 3.65. The van der Waals surface area contributed by atoms with Gasteiger partial charge in [-0.15, -0.1) is 0 Å². The molecule has 48 heavy (non-hydrogen) atoms. The Bertz CT molecular complexity index is 804. The predicted molar refractivity (Wildman–Crippen MR) is 203 cm³/mol. The van der Waals surface area contributed by atoms with Crippen molar-refractivity contribution in [3.8, 4) is 0 Å². The Morgan fingerprint density at radius 1 is 0.688 bits per heavy atom. The number of phosphoric acid groups is 1. The van der Waals surface area contributed by atoms with Crippen molar-refractivity contribution in [2.24, 2.45) is 0 Å². The fourth-order valence-corrected chi connectivity index (χ4v) is 6.64. The molecule has 0 aliphatic heterocycles. The fraction of sp³-hybridized carbons (Fsp3) is 0.923. The van der Waals surface area contributed by atoms with Crippen molar-refractivity contribution in [2.45, 2.75) is 193 Å². The number of hydrogen-bond donors (Lipinski definition) is 3. The molecule has 0 aliphatic rings. The van der Waals surface area contributed by atoms with Crippen molar-refractivity contribution in [2.75, 3.05) is 40.9 Å². The van der Waals surface area contributed by atoms with Gasteiger partial charge in [0.15, 0.2) is 0 Å². The van der Waals surface area contributed by atoms with Gasteiger partial charge in [0.2, 0.25) is 5.91 Å². The van der Waals surface area contributed by atoms with Crippen LogP contribution in [0.4, 0.5) is 0 Å². The number of carbonyl (C=O) groups excluding carboxylic acids is 1. The fourth-order valence-electron chi connectivity index (χ4n) is 5.90. The normalized spacial score (nSPS) is 14.7. The molecule has 0 aliphatic carbocycles. The third kappa shape index (κ3) is 35.1. The maximum atomic E-state index is 12.2. The van der Waals surface area contributed by atoms with Crippen molar-refractivity contribution in [1.82, 2.24) is 5.32 Å². The standard InChI is InChI=1S/C39H79N2O6P/c1-6-7-8-9-10-11-12-13-14-15-16-17-18-19-20-21-22-23-24-25-26-27-28-29-30-31-32-33-39(43)38(40-37(2)42)36-47-48(44,45)46-35-34-41(3,4)5/h32-33,38-39,43H,6-31,34-36H2,1-5H3,(H-,40,42,44,45)/p+1/b33-32+. The molecule has 0 aromatic rings. The van der Waals surface area contributed by atoms with Crippen molar-refractivity contribution in [1.29, 1.82) is 0 Å². The first-order chi connectivity index (χ1) is 23.0. The van der Waals surface area contributed by atoms with Gasteiger partial charge >= 0.3 is 7.82 Å². The summed E-state index contributed by atoms with van der Waals surface area (Å²) in [6.45, 7) is 3.89. The van der Waals surface area contributed by atoms with E-state index in [0.29, 0.717) is 11.0 Å². The highest BCUT2D eigenvalue weighted by molar-refractivity contribution is 7.47. The molecular formula is C39H80N2O6P+. The van der Waals surface area contributed by atoms with Crippen LogP contribution in [0.25, 0.3) is 0 Å². The summed E-state index contributed by atoms with van der Waals surface area (Å²) >= 11 is 0. The molecule has 0 aromatic heterocycles. The minimum atomic E-state index is -4.29. The Morgan fingerprint density at radius 2 is 1.06 bits per heavy atom. The molecule has 3 N–H and O–H groups in total. The van der Waals surface area contributed by atoms with E-state index in [4.69, 9.17) is 9.05 Å². The highest BCUT2D eigenvalue weighted by Gasteiger charge is 2.27. The molecule has 0 saturated heterocycles. The van der Waals surface area contributed by atoms with E-state index in [1.54, 1.807) is 6.08 Å². The van der Waals surface area contributed by atoms with Crippen LogP contribution in [0.1, 0.15) is 181 Å². The number of phosphoric ester groups is 1. The largest absolute Gasteiger partial charge is 0.472 e. The number of quaternary nitrogens is 1. The van der Waals surface area contributed by atoms with Gasteiger partial charge in [0.05, 0.1) is 39.9 Å². The zero-order chi connectivity index (χ0) is 35.8. The monoisotopic (exact) mass is 704 g/mol. The Kier molecular flexibility index (Phi) is 31.7. The maximum Gasteiger partial charge on any atom is 0.472 e. The number of allylic oxidation sites excluding steroid dienone is 1. The molecule has 3 unspecified atom stereocenters. The van der Waals surface area contributed by atoms with Crippen molar-refractivity contribution >= 4 is 13.7 Å². The molecule has 0 rings (SSSR count). The van der Waals surface area contributed by atoms with Crippen LogP contribution in [0.2, 0.25) is 0 Å². The van der Waals surface area contributed by atoms with Crippen LogP contribution in [-0.2, 0) is 18.4 Å². The zero-order valence-electron chi connectivity index (χ0n) is 32.2. The number of hydrogen-bond acceptors (Lipinski definition) is 5. The van der Waals surface area contributed by atoms with Gasteiger partial charge in [0.25, 0.3) is 0 Å². The minimum absolute atomic E-state index is 0.0597. The molecule has 0 saturated carbocycles. The van der Waals surface area contributed by atoms with E-state index in [0.717, 1.165) is 19.3 Å². The topological polar surface area (TPSA) is 105 Å². The highest BCUT2D eigenvalue weighted by Crippen LogP contribution is 2.43. The van der Waals surface area contributed by atoms with E-state index in [2.05, 4.69) is 12.2 Å². The lowest BCUT2D eigenvalue weighted by molar-refractivity contribution is -0.870. The highest BCUT2D eigenvalue weighted by atomic mass is 31.2. The van der Waals surface area contributed by atoms with Crippen LogP contribution < -0.4 is 5.32 Å². The number of rotatable bonds is 36. The molecule has 0 fully saturated rings. The van der Waals surface area contributed by atoms with Crippen molar-refractivity contribution < 1.29 is 32.9 Å². The Labute approximate surface area is 297 Å². The number of aliphatic hydroxyl groups is 1. The quantitative estimate of drug-likeness (QED) is 0.0260. The van der Waals surface area contributed by atoms with Crippen molar-refractivity contribution in [3.63, 3.8) is 0 Å². The summed E-state index contributed by atoms with van der Waals surface area (Å²) in [7, 11) is 1.57. The third-order valence-electron chi connectivity index (χ3n) is 9.04. The number of aliphatic hydroxyl groups excluding tert-OH is 1. The van der Waals surface area contributed by atoms with Gasteiger partial charge in [0, 0.05) is 6.92 Å². The molecule has 0 radical (unpaired) electrons. The molecule has 3 atom stereocenters. The summed E-state index contributed by atoms with van der Waals surface area (Å²) in [4.78, 5) is 21.5. The van der Waals surface area contributed by atoms with Gasteiger partial charge in [-0.3, -0.25) is 13.8 Å². The molecule has 0 heterocycles. The first-order valence-corrected chi connectivity index (χ1v) is 21.5. The van der Waals surface area contributed by atoms with E-state index in [9.17, 15) is 19.4 Å².